The van der Waals surface area contributed by atoms with E-state index < -0.39 is 0 Å². The van der Waals surface area contributed by atoms with Crippen molar-refractivity contribution < 1.29 is 4.74 Å². The van der Waals surface area contributed by atoms with Gasteiger partial charge in [-0.25, -0.2) is 0 Å². The Morgan fingerprint density at radius 3 is 2.29 bits per heavy atom. The molecule has 0 aliphatic rings. The second kappa shape index (κ2) is 6.26. The summed E-state index contributed by atoms with van der Waals surface area (Å²) in [5.74, 6) is 0.801. The van der Waals surface area contributed by atoms with Crippen molar-refractivity contribution in [2.75, 3.05) is 14.2 Å². The van der Waals surface area contributed by atoms with E-state index in [0.29, 0.717) is 0 Å². The Labute approximate surface area is 126 Å². The number of pyridine rings is 1. The molecule has 5 heteroatoms. The van der Waals surface area contributed by atoms with Crippen LogP contribution in [0.4, 0.5) is 0 Å². The molecular formula is C16H24N4O. The molecule has 0 aliphatic heterocycles. The van der Waals surface area contributed by atoms with Gasteiger partial charge in [-0.15, -0.1) is 0 Å². The molecule has 5 nitrogen and oxygen atoms in total. The van der Waals surface area contributed by atoms with Gasteiger partial charge in [-0.2, -0.15) is 5.10 Å². The molecule has 21 heavy (non-hydrogen) atoms. The molecule has 114 valence electrons. The van der Waals surface area contributed by atoms with Gasteiger partial charge in [0, 0.05) is 17.4 Å². The average Bonchev–Trinajstić information content (AvgIpc) is 2.82. The minimum absolute atomic E-state index is 0.0187. The predicted octanol–water partition coefficient (Wildman–Crippen LogP) is 2.79. The van der Waals surface area contributed by atoms with E-state index >= 15 is 0 Å². The molecule has 0 bridgehead atoms. The van der Waals surface area contributed by atoms with Gasteiger partial charge in [0.25, 0.3) is 0 Å². The van der Waals surface area contributed by atoms with Gasteiger partial charge in [0.1, 0.15) is 5.69 Å². The lowest BCUT2D eigenvalue weighted by Crippen LogP contribution is -2.23. The summed E-state index contributed by atoms with van der Waals surface area (Å²) < 4.78 is 7.51. The number of aryl methyl sites for hydroxylation is 2. The van der Waals surface area contributed by atoms with Crippen molar-refractivity contribution in [1.82, 2.24) is 20.1 Å². The van der Waals surface area contributed by atoms with Crippen molar-refractivity contribution in [3.8, 4) is 5.75 Å². The van der Waals surface area contributed by atoms with Crippen molar-refractivity contribution in [3.63, 3.8) is 0 Å². The van der Waals surface area contributed by atoms with E-state index in [1.807, 2.05) is 25.6 Å². The predicted molar refractivity (Wildman–Crippen MR) is 83.8 cm³/mol. The Balaban J connectivity index is 2.57. The molecular weight excluding hydrogens is 264 g/mol. The SMILES string of the molecule is CNC(c1cc(C)nc(C)c1)c1c(OC)cnn1C(C)C. The van der Waals surface area contributed by atoms with Crippen LogP contribution in [0.5, 0.6) is 5.75 Å². The van der Waals surface area contributed by atoms with Crippen LogP contribution < -0.4 is 10.1 Å². The van der Waals surface area contributed by atoms with Crippen molar-refractivity contribution in [2.45, 2.75) is 39.8 Å². The molecule has 2 heterocycles. The van der Waals surface area contributed by atoms with Gasteiger partial charge >= 0.3 is 0 Å². The quantitative estimate of drug-likeness (QED) is 0.919. The number of aromatic nitrogens is 3. The number of ether oxygens (including phenoxy) is 1. The third-order valence-corrected chi connectivity index (χ3v) is 3.51. The minimum Gasteiger partial charge on any atom is -0.493 e. The lowest BCUT2D eigenvalue weighted by Gasteiger charge is -2.22. The first-order valence-corrected chi connectivity index (χ1v) is 7.21. The van der Waals surface area contributed by atoms with Crippen LogP contribution in [0.3, 0.4) is 0 Å². The zero-order valence-corrected chi connectivity index (χ0v) is 13.6. The van der Waals surface area contributed by atoms with Gasteiger partial charge in [-0.3, -0.25) is 9.67 Å². The Morgan fingerprint density at radius 1 is 1.19 bits per heavy atom. The van der Waals surface area contributed by atoms with Crippen molar-refractivity contribution in [3.05, 3.63) is 41.0 Å². The zero-order chi connectivity index (χ0) is 15.6. The van der Waals surface area contributed by atoms with Crippen LogP contribution in [0.1, 0.15) is 48.6 Å². The fourth-order valence-electron chi connectivity index (χ4n) is 2.69. The maximum atomic E-state index is 5.50. The highest BCUT2D eigenvalue weighted by Crippen LogP contribution is 2.32. The normalized spacial score (nSPS) is 12.7. The summed E-state index contributed by atoms with van der Waals surface area (Å²) in [5.41, 5.74) is 4.24. The average molecular weight is 288 g/mol. The molecule has 1 N–H and O–H groups in total. The van der Waals surface area contributed by atoms with Gasteiger partial charge in [0.15, 0.2) is 5.75 Å². The second-order valence-electron chi connectivity index (χ2n) is 5.54. The van der Waals surface area contributed by atoms with E-state index in [2.05, 4.69) is 41.4 Å². The smallest absolute Gasteiger partial charge is 0.161 e. The van der Waals surface area contributed by atoms with E-state index in [-0.39, 0.29) is 12.1 Å². The van der Waals surface area contributed by atoms with Crippen LogP contribution in [0.15, 0.2) is 18.3 Å². The summed E-state index contributed by atoms with van der Waals surface area (Å²) in [5, 5.41) is 7.84. The third-order valence-electron chi connectivity index (χ3n) is 3.51. The molecule has 0 aromatic carbocycles. The first-order chi connectivity index (χ1) is 9.97. The van der Waals surface area contributed by atoms with Crippen molar-refractivity contribution in [1.29, 1.82) is 0 Å². The second-order valence-corrected chi connectivity index (χ2v) is 5.54. The molecule has 0 saturated heterocycles. The highest BCUT2D eigenvalue weighted by Gasteiger charge is 2.24. The number of hydrogen-bond acceptors (Lipinski definition) is 4. The van der Waals surface area contributed by atoms with E-state index in [0.717, 1.165) is 22.8 Å². The summed E-state index contributed by atoms with van der Waals surface area (Å²) in [7, 11) is 3.63. The van der Waals surface area contributed by atoms with Gasteiger partial charge in [-0.1, -0.05) is 0 Å². The first kappa shape index (κ1) is 15.5. The minimum atomic E-state index is 0.0187. The highest BCUT2D eigenvalue weighted by molar-refractivity contribution is 5.37. The topological polar surface area (TPSA) is 52.0 Å². The number of rotatable bonds is 5. The van der Waals surface area contributed by atoms with Crippen molar-refractivity contribution in [2.24, 2.45) is 0 Å². The van der Waals surface area contributed by atoms with Gasteiger partial charge < -0.3 is 10.1 Å². The highest BCUT2D eigenvalue weighted by atomic mass is 16.5. The fraction of sp³-hybridized carbons (Fsp3) is 0.500. The summed E-state index contributed by atoms with van der Waals surface area (Å²) in [6.07, 6.45) is 1.78. The van der Waals surface area contributed by atoms with Crippen molar-refractivity contribution >= 4 is 0 Å². The summed E-state index contributed by atoms with van der Waals surface area (Å²) in [4.78, 5) is 4.45. The summed E-state index contributed by atoms with van der Waals surface area (Å²) in [6, 6.07) is 4.49. The number of hydrogen-bond donors (Lipinski definition) is 1. The Bertz CT molecular complexity index is 598. The molecule has 0 aliphatic carbocycles. The van der Waals surface area contributed by atoms with Crippen LogP contribution in [0.2, 0.25) is 0 Å². The van der Waals surface area contributed by atoms with Gasteiger partial charge in [0.05, 0.1) is 19.3 Å². The Kier molecular flexibility index (Phi) is 4.63. The number of methoxy groups -OCH3 is 1. The molecule has 0 radical (unpaired) electrons. The molecule has 0 amide bonds. The standard InChI is InChI=1S/C16H24N4O/c1-10(2)20-16(14(21-6)9-18-20)15(17-5)13-7-11(3)19-12(4)8-13/h7-10,15,17H,1-6H3. The van der Waals surface area contributed by atoms with Crippen LogP contribution in [0, 0.1) is 13.8 Å². The fourth-order valence-corrected chi connectivity index (χ4v) is 2.69. The third kappa shape index (κ3) is 3.08. The monoisotopic (exact) mass is 288 g/mol. The Hall–Kier alpha value is -1.88. The zero-order valence-electron chi connectivity index (χ0n) is 13.6. The number of nitrogens with one attached hydrogen (secondary N) is 1. The first-order valence-electron chi connectivity index (χ1n) is 7.21. The van der Waals surface area contributed by atoms with E-state index in [1.54, 1.807) is 13.3 Å². The summed E-state index contributed by atoms with van der Waals surface area (Å²) >= 11 is 0. The van der Waals surface area contributed by atoms with Crippen LogP contribution in [-0.2, 0) is 0 Å². The molecule has 0 saturated carbocycles. The largest absolute Gasteiger partial charge is 0.493 e. The molecule has 2 aromatic heterocycles. The molecule has 2 rings (SSSR count). The molecule has 0 fully saturated rings. The maximum absolute atomic E-state index is 5.50. The van der Waals surface area contributed by atoms with Crippen LogP contribution >= 0.6 is 0 Å². The van der Waals surface area contributed by atoms with Crippen LogP contribution in [-0.4, -0.2) is 28.9 Å². The van der Waals surface area contributed by atoms with Gasteiger partial charge in [0.2, 0.25) is 0 Å². The van der Waals surface area contributed by atoms with Crippen LogP contribution in [0.25, 0.3) is 0 Å². The van der Waals surface area contributed by atoms with E-state index in [9.17, 15) is 0 Å². The summed E-state index contributed by atoms with van der Waals surface area (Å²) in [6.45, 7) is 8.26. The molecule has 0 spiro atoms. The number of nitrogens with zero attached hydrogens (tertiary/aromatic N) is 3. The molecule has 1 unspecified atom stereocenters. The Morgan fingerprint density at radius 2 is 1.81 bits per heavy atom. The van der Waals surface area contributed by atoms with E-state index in [4.69, 9.17) is 4.74 Å². The van der Waals surface area contributed by atoms with E-state index in [1.165, 1.54) is 5.56 Å². The molecule has 1 atom stereocenters. The molecule has 2 aromatic rings. The lowest BCUT2D eigenvalue weighted by molar-refractivity contribution is 0.396. The lowest BCUT2D eigenvalue weighted by atomic mass is 10.0. The van der Waals surface area contributed by atoms with Gasteiger partial charge in [-0.05, 0) is 52.4 Å². The maximum Gasteiger partial charge on any atom is 0.161 e.